The molecule has 2 aromatic rings. The minimum Gasteiger partial charge on any atom is -0.375 e. The van der Waals surface area contributed by atoms with E-state index in [0.717, 1.165) is 32.0 Å². The van der Waals surface area contributed by atoms with Crippen LogP contribution in [0.4, 0.5) is 11.6 Å². The molecule has 4 heteroatoms. The first-order valence-corrected chi connectivity index (χ1v) is 6.82. The summed E-state index contributed by atoms with van der Waals surface area (Å²) >= 11 is 0. The molecular weight excluding hydrogens is 236 g/mol. The van der Waals surface area contributed by atoms with Gasteiger partial charge in [-0.05, 0) is 25.5 Å². The number of aryl methyl sites for hydroxylation is 1. The third kappa shape index (κ3) is 3.74. The molecule has 0 unspecified atom stereocenters. The zero-order chi connectivity index (χ0) is 13.5. The van der Waals surface area contributed by atoms with E-state index in [4.69, 9.17) is 0 Å². The molecule has 0 atom stereocenters. The summed E-state index contributed by atoms with van der Waals surface area (Å²) in [6.07, 6.45) is 4.92. The molecule has 2 rings (SSSR count). The molecule has 4 nitrogen and oxygen atoms in total. The summed E-state index contributed by atoms with van der Waals surface area (Å²) in [5.74, 6) is 0.963. The van der Waals surface area contributed by atoms with E-state index >= 15 is 0 Å². The third-order valence-electron chi connectivity index (χ3n) is 3.21. The van der Waals surface area contributed by atoms with Gasteiger partial charge in [-0.15, -0.1) is 0 Å². The van der Waals surface area contributed by atoms with E-state index in [2.05, 4.69) is 58.0 Å². The molecule has 0 aliphatic heterocycles. The van der Waals surface area contributed by atoms with Crippen molar-refractivity contribution in [1.82, 2.24) is 9.55 Å². The Labute approximate surface area is 115 Å². The van der Waals surface area contributed by atoms with Crippen LogP contribution in [0.5, 0.6) is 0 Å². The van der Waals surface area contributed by atoms with Gasteiger partial charge in [0.2, 0.25) is 5.95 Å². The molecule has 0 radical (unpaired) electrons. The van der Waals surface area contributed by atoms with Gasteiger partial charge in [0, 0.05) is 44.8 Å². The van der Waals surface area contributed by atoms with Crippen molar-refractivity contribution in [3.05, 3.63) is 42.7 Å². The highest BCUT2D eigenvalue weighted by Crippen LogP contribution is 2.11. The maximum absolute atomic E-state index is 4.30. The molecule has 1 heterocycles. The number of para-hydroxylation sites is 1. The van der Waals surface area contributed by atoms with Crippen LogP contribution in [0.2, 0.25) is 0 Å². The van der Waals surface area contributed by atoms with Crippen LogP contribution in [-0.4, -0.2) is 29.7 Å². The van der Waals surface area contributed by atoms with Gasteiger partial charge in [-0.3, -0.25) is 0 Å². The van der Waals surface area contributed by atoms with Gasteiger partial charge >= 0.3 is 0 Å². The first-order chi connectivity index (χ1) is 9.31. The zero-order valence-electron chi connectivity index (χ0n) is 11.7. The molecule has 1 aromatic heterocycles. The molecule has 0 bridgehead atoms. The summed E-state index contributed by atoms with van der Waals surface area (Å²) in [5, 5.41) is 3.38. The first-order valence-electron chi connectivity index (χ1n) is 6.82. The summed E-state index contributed by atoms with van der Waals surface area (Å²) in [6, 6.07) is 10.5. The van der Waals surface area contributed by atoms with E-state index in [1.807, 2.05) is 18.5 Å². The van der Waals surface area contributed by atoms with Gasteiger partial charge in [0.05, 0.1) is 0 Å². The molecule has 0 aliphatic carbocycles. The van der Waals surface area contributed by atoms with E-state index in [0.29, 0.717) is 0 Å². The van der Waals surface area contributed by atoms with Gasteiger partial charge < -0.3 is 14.8 Å². The number of nitrogens with one attached hydrogen (secondary N) is 1. The lowest BCUT2D eigenvalue weighted by atomic mass is 10.3. The van der Waals surface area contributed by atoms with Crippen molar-refractivity contribution in [2.75, 3.05) is 30.4 Å². The summed E-state index contributed by atoms with van der Waals surface area (Å²) in [7, 11) is 2.13. The molecule has 19 heavy (non-hydrogen) atoms. The summed E-state index contributed by atoms with van der Waals surface area (Å²) in [6.45, 7) is 5.04. The number of hydrogen-bond donors (Lipinski definition) is 1. The Kier molecular flexibility index (Phi) is 4.84. The van der Waals surface area contributed by atoms with Crippen LogP contribution in [0.15, 0.2) is 42.7 Å². The maximum atomic E-state index is 4.30. The summed E-state index contributed by atoms with van der Waals surface area (Å²) < 4.78 is 2.11. The second-order valence-electron chi connectivity index (χ2n) is 4.57. The normalized spacial score (nSPS) is 10.4. The standard InChI is InChI=1S/C15H22N4/c1-3-19-13-11-17-15(19)16-10-7-12-18(2)14-8-5-4-6-9-14/h4-6,8-9,11,13H,3,7,10,12H2,1-2H3,(H,16,17). The van der Waals surface area contributed by atoms with Crippen molar-refractivity contribution >= 4 is 11.6 Å². The van der Waals surface area contributed by atoms with Gasteiger partial charge in [-0.25, -0.2) is 4.98 Å². The monoisotopic (exact) mass is 258 g/mol. The van der Waals surface area contributed by atoms with E-state index in [1.165, 1.54) is 5.69 Å². The van der Waals surface area contributed by atoms with E-state index in [9.17, 15) is 0 Å². The third-order valence-corrected chi connectivity index (χ3v) is 3.21. The second kappa shape index (κ2) is 6.83. The SMILES string of the molecule is CCn1ccnc1NCCCN(C)c1ccccc1. The van der Waals surface area contributed by atoms with Gasteiger partial charge in [-0.1, -0.05) is 18.2 Å². The molecule has 0 fully saturated rings. The van der Waals surface area contributed by atoms with E-state index < -0.39 is 0 Å². The van der Waals surface area contributed by atoms with Crippen molar-refractivity contribution < 1.29 is 0 Å². The van der Waals surface area contributed by atoms with Crippen molar-refractivity contribution in [2.24, 2.45) is 0 Å². The number of nitrogens with zero attached hydrogens (tertiary/aromatic N) is 3. The van der Waals surface area contributed by atoms with Crippen LogP contribution in [0.25, 0.3) is 0 Å². The summed E-state index contributed by atoms with van der Waals surface area (Å²) in [4.78, 5) is 6.57. The molecule has 0 aliphatic rings. The van der Waals surface area contributed by atoms with Crippen molar-refractivity contribution in [3.8, 4) is 0 Å². The van der Waals surface area contributed by atoms with E-state index in [-0.39, 0.29) is 0 Å². The van der Waals surface area contributed by atoms with Crippen molar-refractivity contribution in [2.45, 2.75) is 19.9 Å². The quantitative estimate of drug-likeness (QED) is 0.775. The molecule has 102 valence electrons. The Bertz CT molecular complexity index is 478. The summed E-state index contributed by atoms with van der Waals surface area (Å²) in [5.41, 5.74) is 1.26. The molecule has 1 aromatic carbocycles. The van der Waals surface area contributed by atoms with Crippen LogP contribution in [0.3, 0.4) is 0 Å². The number of imidazole rings is 1. The van der Waals surface area contributed by atoms with Gasteiger partial charge in [-0.2, -0.15) is 0 Å². The fourth-order valence-electron chi connectivity index (χ4n) is 2.06. The highest BCUT2D eigenvalue weighted by molar-refractivity contribution is 5.44. The minimum absolute atomic E-state index is 0.939. The number of rotatable bonds is 7. The highest BCUT2D eigenvalue weighted by atomic mass is 15.2. The average molecular weight is 258 g/mol. The number of aromatic nitrogens is 2. The smallest absolute Gasteiger partial charge is 0.202 e. The van der Waals surface area contributed by atoms with Crippen LogP contribution in [0.1, 0.15) is 13.3 Å². The Morgan fingerprint density at radius 1 is 1.26 bits per heavy atom. The first kappa shape index (κ1) is 13.5. The lowest BCUT2D eigenvalue weighted by Crippen LogP contribution is -2.21. The molecular formula is C15H22N4. The number of hydrogen-bond acceptors (Lipinski definition) is 3. The van der Waals surface area contributed by atoms with Crippen LogP contribution in [-0.2, 0) is 6.54 Å². The van der Waals surface area contributed by atoms with Crippen LogP contribution in [0, 0.1) is 0 Å². The largest absolute Gasteiger partial charge is 0.375 e. The number of benzene rings is 1. The average Bonchev–Trinajstić information content (AvgIpc) is 2.91. The fraction of sp³-hybridized carbons (Fsp3) is 0.400. The number of anilines is 2. The van der Waals surface area contributed by atoms with Gasteiger partial charge in [0.1, 0.15) is 0 Å². The Hall–Kier alpha value is -1.97. The molecule has 0 spiro atoms. The maximum Gasteiger partial charge on any atom is 0.202 e. The second-order valence-corrected chi connectivity index (χ2v) is 4.57. The fourth-order valence-corrected chi connectivity index (χ4v) is 2.06. The molecule has 1 N–H and O–H groups in total. The molecule has 0 saturated carbocycles. The highest BCUT2D eigenvalue weighted by Gasteiger charge is 2.01. The van der Waals surface area contributed by atoms with Crippen LogP contribution >= 0.6 is 0 Å². The minimum atomic E-state index is 0.939. The Morgan fingerprint density at radius 3 is 2.79 bits per heavy atom. The Morgan fingerprint density at radius 2 is 2.05 bits per heavy atom. The van der Waals surface area contributed by atoms with Crippen molar-refractivity contribution in [3.63, 3.8) is 0 Å². The lowest BCUT2D eigenvalue weighted by Gasteiger charge is -2.19. The predicted molar refractivity (Wildman–Crippen MR) is 80.7 cm³/mol. The van der Waals surface area contributed by atoms with Gasteiger partial charge in [0.25, 0.3) is 0 Å². The molecule has 0 saturated heterocycles. The molecule has 0 amide bonds. The zero-order valence-corrected chi connectivity index (χ0v) is 11.7. The Balaban J connectivity index is 1.72. The van der Waals surface area contributed by atoms with Gasteiger partial charge in [0.15, 0.2) is 0 Å². The predicted octanol–water partition coefficient (Wildman–Crippen LogP) is 2.84. The topological polar surface area (TPSA) is 33.1 Å². The van der Waals surface area contributed by atoms with Crippen molar-refractivity contribution in [1.29, 1.82) is 0 Å². The lowest BCUT2D eigenvalue weighted by molar-refractivity contribution is 0.750. The van der Waals surface area contributed by atoms with E-state index in [1.54, 1.807) is 0 Å². The van der Waals surface area contributed by atoms with Crippen LogP contribution < -0.4 is 10.2 Å².